The van der Waals surface area contributed by atoms with Crippen LogP contribution in [0.3, 0.4) is 0 Å². The molecule has 1 heterocycles. The number of alkyl halides is 3. The van der Waals surface area contributed by atoms with Crippen molar-refractivity contribution in [2.24, 2.45) is 0 Å². The zero-order valence-electron chi connectivity index (χ0n) is 12.7. The highest BCUT2D eigenvalue weighted by atomic mass is 19.4. The third-order valence-electron chi connectivity index (χ3n) is 3.98. The molecule has 0 bridgehead atoms. The Bertz CT molecular complexity index is 666. The maximum atomic E-state index is 12.5. The zero-order valence-corrected chi connectivity index (χ0v) is 12.7. The van der Waals surface area contributed by atoms with Crippen molar-refractivity contribution >= 4 is 10.8 Å². The van der Waals surface area contributed by atoms with Gasteiger partial charge in [-0.15, -0.1) is 0 Å². The van der Waals surface area contributed by atoms with Crippen molar-refractivity contribution in [3.63, 3.8) is 0 Å². The molecule has 6 heteroatoms. The van der Waals surface area contributed by atoms with Crippen LogP contribution in [-0.2, 0) is 6.54 Å². The number of fused-ring (bicyclic) bond motifs is 1. The number of ether oxygens (including phenoxy) is 1. The van der Waals surface area contributed by atoms with E-state index in [1.807, 2.05) is 30.3 Å². The Morgan fingerprint density at radius 2 is 1.78 bits per heavy atom. The van der Waals surface area contributed by atoms with Crippen molar-refractivity contribution in [1.82, 2.24) is 10.2 Å². The summed E-state index contributed by atoms with van der Waals surface area (Å²) in [7, 11) is 0. The summed E-state index contributed by atoms with van der Waals surface area (Å²) < 4.78 is 42.6. The quantitative estimate of drug-likeness (QED) is 0.935. The number of rotatable bonds is 4. The highest BCUT2D eigenvalue weighted by Crippen LogP contribution is 2.30. The molecule has 0 unspecified atom stereocenters. The molecule has 0 amide bonds. The van der Waals surface area contributed by atoms with Crippen LogP contribution in [-0.4, -0.2) is 43.9 Å². The van der Waals surface area contributed by atoms with Crippen LogP contribution in [0.1, 0.15) is 5.56 Å². The molecule has 1 aliphatic rings. The number of benzene rings is 2. The second-order valence-electron chi connectivity index (χ2n) is 5.69. The summed E-state index contributed by atoms with van der Waals surface area (Å²) >= 11 is 0. The predicted octanol–water partition coefficient (Wildman–Crippen LogP) is 3.19. The van der Waals surface area contributed by atoms with Gasteiger partial charge in [0, 0.05) is 38.3 Å². The van der Waals surface area contributed by atoms with Gasteiger partial charge in [-0.3, -0.25) is 4.90 Å². The lowest BCUT2D eigenvalue weighted by atomic mass is 10.0. The number of nitrogens with zero attached hydrogens (tertiary/aromatic N) is 1. The minimum atomic E-state index is -4.34. The number of halogens is 3. The molecule has 0 radical (unpaired) electrons. The molecule has 0 atom stereocenters. The Labute approximate surface area is 133 Å². The van der Waals surface area contributed by atoms with Crippen molar-refractivity contribution in [2.75, 3.05) is 32.8 Å². The SMILES string of the molecule is FC(F)(F)COc1ccc2ccccc2c1CN1CCNCC1. The van der Waals surface area contributed by atoms with Crippen LogP contribution >= 0.6 is 0 Å². The van der Waals surface area contributed by atoms with E-state index in [0.29, 0.717) is 12.3 Å². The first-order valence-corrected chi connectivity index (χ1v) is 7.66. The van der Waals surface area contributed by atoms with Gasteiger partial charge in [0.05, 0.1) is 0 Å². The summed E-state index contributed by atoms with van der Waals surface area (Å²) in [6, 6.07) is 11.2. The summed E-state index contributed by atoms with van der Waals surface area (Å²) in [4.78, 5) is 2.23. The van der Waals surface area contributed by atoms with E-state index in [0.717, 1.165) is 42.5 Å². The Balaban J connectivity index is 1.92. The van der Waals surface area contributed by atoms with Gasteiger partial charge in [-0.25, -0.2) is 0 Å². The summed E-state index contributed by atoms with van der Waals surface area (Å²) in [6.45, 7) is 2.87. The first kappa shape index (κ1) is 16.1. The standard InChI is InChI=1S/C17H19F3N2O/c18-17(19,20)12-23-16-6-5-13-3-1-2-4-14(13)15(16)11-22-9-7-21-8-10-22/h1-6,21H,7-12H2. The van der Waals surface area contributed by atoms with Gasteiger partial charge in [0.15, 0.2) is 6.61 Å². The molecule has 1 saturated heterocycles. The zero-order chi connectivity index (χ0) is 16.3. The molecule has 124 valence electrons. The maximum Gasteiger partial charge on any atom is 0.422 e. The molecule has 3 nitrogen and oxygen atoms in total. The van der Waals surface area contributed by atoms with Crippen LogP contribution < -0.4 is 10.1 Å². The van der Waals surface area contributed by atoms with Crippen LogP contribution in [0.25, 0.3) is 10.8 Å². The van der Waals surface area contributed by atoms with Gasteiger partial charge >= 0.3 is 6.18 Å². The third-order valence-corrected chi connectivity index (χ3v) is 3.98. The van der Waals surface area contributed by atoms with Gasteiger partial charge in [0.2, 0.25) is 0 Å². The summed E-state index contributed by atoms with van der Waals surface area (Å²) in [5, 5.41) is 5.24. The maximum absolute atomic E-state index is 12.5. The molecule has 1 fully saturated rings. The van der Waals surface area contributed by atoms with Crippen LogP contribution in [0.15, 0.2) is 36.4 Å². The fourth-order valence-corrected chi connectivity index (χ4v) is 2.87. The van der Waals surface area contributed by atoms with Crippen molar-refractivity contribution < 1.29 is 17.9 Å². The first-order valence-electron chi connectivity index (χ1n) is 7.66. The number of piperazine rings is 1. The highest BCUT2D eigenvalue weighted by molar-refractivity contribution is 5.87. The lowest BCUT2D eigenvalue weighted by Gasteiger charge is -2.28. The Morgan fingerprint density at radius 1 is 1.04 bits per heavy atom. The van der Waals surface area contributed by atoms with E-state index in [4.69, 9.17) is 4.74 Å². The summed E-state index contributed by atoms with van der Waals surface area (Å²) in [5.41, 5.74) is 0.828. The van der Waals surface area contributed by atoms with Gasteiger partial charge < -0.3 is 10.1 Å². The smallest absolute Gasteiger partial charge is 0.422 e. The van der Waals surface area contributed by atoms with Crippen molar-refractivity contribution in [3.05, 3.63) is 42.0 Å². The molecular weight excluding hydrogens is 305 g/mol. The second kappa shape index (κ2) is 6.76. The van der Waals surface area contributed by atoms with Crippen molar-refractivity contribution in [2.45, 2.75) is 12.7 Å². The molecule has 2 aromatic rings. The van der Waals surface area contributed by atoms with Crippen LogP contribution in [0.5, 0.6) is 5.75 Å². The molecule has 3 rings (SSSR count). The monoisotopic (exact) mass is 324 g/mol. The van der Waals surface area contributed by atoms with E-state index in [-0.39, 0.29) is 0 Å². The van der Waals surface area contributed by atoms with Crippen molar-refractivity contribution in [3.8, 4) is 5.75 Å². The average Bonchev–Trinajstić information content (AvgIpc) is 2.54. The van der Waals surface area contributed by atoms with E-state index in [2.05, 4.69) is 10.2 Å². The van der Waals surface area contributed by atoms with Gasteiger partial charge in [-0.05, 0) is 16.8 Å². The Kier molecular flexibility index (Phi) is 4.73. The molecular formula is C17H19F3N2O. The molecule has 1 N–H and O–H groups in total. The van der Waals surface area contributed by atoms with Gasteiger partial charge in [-0.1, -0.05) is 30.3 Å². The number of hydrogen-bond acceptors (Lipinski definition) is 3. The largest absolute Gasteiger partial charge is 0.484 e. The summed E-state index contributed by atoms with van der Waals surface area (Å²) in [5.74, 6) is 0.319. The Hall–Kier alpha value is -1.79. The molecule has 0 saturated carbocycles. The van der Waals surface area contributed by atoms with Crippen molar-refractivity contribution in [1.29, 1.82) is 0 Å². The number of nitrogens with one attached hydrogen (secondary N) is 1. The van der Waals surface area contributed by atoms with E-state index in [1.54, 1.807) is 6.07 Å². The molecule has 0 spiro atoms. The lowest BCUT2D eigenvalue weighted by molar-refractivity contribution is -0.153. The van der Waals surface area contributed by atoms with Gasteiger partial charge in [0.1, 0.15) is 5.75 Å². The average molecular weight is 324 g/mol. The fourth-order valence-electron chi connectivity index (χ4n) is 2.87. The lowest BCUT2D eigenvalue weighted by Crippen LogP contribution is -2.43. The molecule has 2 aromatic carbocycles. The predicted molar refractivity (Wildman–Crippen MR) is 83.6 cm³/mol. The molecule has 23 heavy (non-hydrogen) atoms. The minimum Gasteiger partial charge on any atom is -0.484 e. The summed E-state index contributed by atoms with van der Waals surface area (Å²) in [6.07, 6.45) is -4.34. The Morgan fingerprint density at radius 3 is 2.52 bits per heavy atom. The van der Waals surface area contributed by atoms with Crippen LogP contribution in [0.4, 0.5) is 13.2 Å². The van der Waals surface area contributed by atoms with Crippen LogP contribution in [0, 0.1) is 0 Å². The molecule has 1 aliphatic heterocycles. The van der Waals surface area contributed by atoms with E-state index >= 15 is 0 Å². The fraction of sp³-hybridized carbons (Fsp3) is 0.412. The van der Waals surface area contributed by atoms with E-state index in [9.17, 15) is 13.2 Å². The minimum absolute atomic E-state index is 0.319. The van der Waals surface area contributed by atoms with E-state index < -0.39 is 12.8 Å². The normalized spacial score (nSPS) is 16.7. The number of hydrogen-bond donors (Lipinski definition) is 1. The molecule has 0 aliphatic carbocycles. The first-order chi connectivity index (χ1) is 11.0. The van der Waals surface area contributed by atoms with Gasteiger partial charge in [-0.2, -0.15) is 13.2 Å². The second-order valence-corrected chi connectivity index (χ2v) is 5.69. The van der Waals surface area contributed by atoms with Gasteiger partial charge in [0.25, 0.3) is 0 Å². The topological polar surface area (TPSA) is 24.5 Å². The third kappa shape index (κ3) is 4.14. The molecule has 0 aromatic heterocycles. The van der Waals surface area contributed by atoms with Crippen LogP contribution in [0.2, 0.25) is 0 Å². The van der Waals surface area contributed by atoms with E-state index in [1.165, 1.54) is 0 Å². The highest BCUT2D eigenvalue weighted by Gasteiger charge is 2.29.